The smallest absolute Gasteiger partial charge is 0.426 e. The van der Waals surface area contributed by atoms with Crippen LogP contribution in [0.3, 0.4) is 0 Å². The van der Waals surface area contributed by atoms with Gasteiger partial charge in [-0.15, -0.1) is 0 Å². The Bertz CT molecular complexity index is 875. The number of ether oxygens (including phenoxy) is 1. The predicted octanol–water partition coefficient (Wildman–Crippen LogP) is 3.20. The van der Waals surface area contributed by atoms with Crippen LogP contribution in [-0.2, 0) is 22.4 Å². The Morgan fingerprint density at radius 3 is 1.97 bits per heavy atom. The van der Waals surface area contributed by atoms with Crippen molar-refractivity contribution in [2.24, 2.45) is 5.92 Å². The maximum Gasteiger partial charge on any atom is 0.426 e. The molecule has 0 spiro atoms. The first kappa shape index (κ1) is 25.0. The monoisotopic (exact) mass is 444 g/mol. The third-order valence-corrected chi connectivity index (χ3v) is 4.74. The first-order valence-corrected chi connectivity index (χ1v) is 10.5. The van der Waals surface area contributed by atoms with Crippen molar-refractivity contribution in [3.8, 4) is 11.5 Å². The van der Waals surface area contributed by atoms with Crippen molar-refractivity contribution in [3.63, 3.8) is 0 Å². The number of hydrogen-bond acceptors (Lipinski definition) is 6. The Morgan fingerprint density at radius 1 is 0.906 bits per heavy atom. The van der Waals surface area contributed by atoms with Crippen molar-refractivity contribution in [1.29, 1.82) is 0 Å². The Balaban J connectivity index is 1.98. The van der Waals surface area contributed by atoms with Crippen LogP contribution in [0, 0.1) is 5.92 Å². The molecule has 2 amide bonds. The number of carbonyl (C=O) groups is 2. The largest absolute Gasteiger partial charge is 0.508 e. The molecule has 0 radical (unpaired) electrons. The second kappa shape index (κ2) is 11.4. The molecule has 0 heterocycles. The number of nitrogens with one attached hydrogen (secondary N) is 2. The van der Waals surface area contributed by atoms with Crippen molar-refractivity contribution in [2.75, 3.05) is 0 Å². The summed E-state index contributed by atoms with van der Waals surface area (Å²) in [7, 11) is 0. The number of aliphatic hydroxyl groups excluding tert-OH is 1. The van der Waals surface area contributed by atoms with E-state index in [-0.39, 0.29) is 17.9 Å². The number of hydrogen-bond donors (Lipinski definition) is 5. The van der Waals surface area contributed by atoms with Gasteiger partial charge >= 0.3 is 6.09 Å². The lowest BCUT2D eigenvalue weighted by Gasteiger charge is -2.22. The molecule has 8 nitrogen and oxygen atoms in total. The average Bonchev–Trinajstić information content (AvgIpc) is 2.71. The molecule has 0 aliphatic heterocycles. The molecular weight excluding hydrogens is 412 g/mol. The van der Waals surface area contributed by atoms with Gasteiger partial charge in [-0.2, -0.15) is 0 Å². The lowest BCUT2D eigenvalue weighted by Crippen LogP contribution is -2.47. The number of hydrazine groups is 1. The number of phenolic OH excluding ortho intramolecular Hbond substituents is 2. The number of rotatable bonds is 8. The van der Waals surface area contributed by atoms with E-state index in [1.54, 1.807) is 57.2 Å². The molecule has 2 aromatic carbocycles. The van der Waals surface area contributed by atoms with E-state index in [2.05, 4.69) is 10.9 Å². The highest BCUT2D eigenvalue weighted by Crippen LogP contribution is 2.20. The van der Waals surface area contributed by atoms with Gasteiger partial charge < -0.3 is 20.1 Å². The van der Waals surface area contributed by atoms with Gasteiger partial charge in [-0.3, -0.25) is 10.2 Å². The van der Waals surface area contributed by atoms with Gasteiger partial charge in [-0.25, -0.2) is 10.2 Å². The average molecular weight is 445 g/mol. The fourth-order valence-electron chi connectivity index (χ4n) is 3.16. The molecule has 0 aliphatic carbocycles. The van der Waals surface area contributed by atoms with E-state index in [1.165, 1.54) is 12.1 Å². The summed E-state index contributed by atoms with van der Waals surface area (Å²) in [5.74, 6) is -0.774. The zero-order valence-electron chi connectivity index (χ0n) is 18.7. The molecule has 2 rings (SSSR count). The molecule has 0 saturated heterocycles. The van der Waals surface area contributed by atoms with Crippen LogP contribution in [-0.4, -0.2) is 39.0 Å². The lowest BCUT2D eigenvalue weighted by molar-refractivity contribution is -0.127. The summed E-state index contributed by atoms with van der Waals surface area (Å²) in [6.45, 7) is 5.14. The summed E-state index contributed by atoms with van der Waals surface area (Å²) >= 11 is 0. The van der Waals surface area contributed by atoms with Crippen LogP contribution in [0.2, 0.25) is 0 Å². The zero-order chi connectivity index (χ0) is 23.7. The summed E-state index contributed by atoms with van der Waals surface area (Å²) in [5, 5.41) is 29.4. The second-order valence-corrected chi connectivity index (χ2v) is 8.78. The molecule has 5 N–H and O–H groups in total. The summed E-state index contributed by atoms with van der Waals surface area (Å²) < 4.78 is 5.12. The molecule has 32 heavy (non-hydrogen) atoms. The quantitative estimate of drug-likeness (QED) is 0.398. The maximum absolute atomic E-state index is 12.8. The number of benzene rings is 2. The normalized spacial score (nSPS) is 13.1. The summed E-state index contributed by atoms with van der Waals surface area (Å²) in [5.41, 5.74) is 5.69. The van der Waals surface area contributed by atoms with Gasteiger partial charge in [-0.1, -0.05) is 24.3 Å². The second-order valence-electron chi connectivity index (χ2n) is 8.78. The summed E-state index contributed by atoms with van der Waals surface area (Å²) in [4.78, 5) is 24.6. The van der Waals surface area contributed by atoms with Crippen molar-refractivity contribution in [3.05, 3.63) is 59.7 Å². The Hall–Kier alpha value is -3.26. The molecule has 0 bridgehead atoms. The van der Waals surface area contributed by atoms with E-state index in [1.807, 2.05) is 0 Å². The highest BCUT2D eigenvalue weighted by Gasteiger charge is 2.24. The molecule has 0 unspecified atom stereocenters. The molecule has 174 valence electrons. The van der Waals surface area contributed by atoms with Crippen molar-refractivity contribution < 1.29 is 29.6 Å². The van der Waals surface area contributed by atoms with E-state index in [0.717, 1.165) is 11.1 Å². The van der Waals surface area contributed by atoms with E-state index < -0.39 is 29.6 Å². The van der Waals surface area contributed by atoms with Crippen LogP contribution in [0.15, 0.2) is 48.5 Å². The van der Waals surface area contributed by atoms with Crippen molar-refractivity contribution >= 4 is 12.0 Å². The van der Waals surface area contributed by atoms with Gasteiger partial charge in [0.2, 0.25) is 5.91 Å². The Morgan fingerprint density at radius 2 is 1.44 bits per heavy atom. The summed E-state index contributed by atoms with van der Waals surface area (Å²) in [6, 6.07) is 13.2. The first-order chi connectivity index (χ1) is 15.0. The third kappa shape index (κ3) is 9.26. The van der Waals surface area contributed by atoms with Gasteiger partial charge in [0.1, 0.15) is 17.1 Å². The van der Waals surface area contributed by atoms with Gasteiger partial charge in [0.25, 0.3) is 0 Å². The maximum atomic E-state index is 12.8. The SMILES string of the molecule is CC(C)(C)OC(=O)NNC(=O)[C@H](Cc1ccc(O)cc1)C[C@@H](O)CCc1ccc(O)cc1. The Labute approximate surface area is 188 Å². The van der Waals surface area contributed by atoms with Gasteiger partial charge in [0, 0.05) is 5.92 Å². The van der Waals surface area contributed by atoms with E-state index in [4.69, 9.17) is 4.74 Å². The first-order valence-electron chi connectivity index (χ1n) is 10.5. The van der Waals surface area contributed by atoms with Crippen LogP contribution >= 0.6 is 0 Å². The topological polar surface area (TPSA) is 128 Å². The van der Waals surface area contributed by atoms with Crippen LogP contribution < -0.4 is 10.9 Å². The van der Waals surface area contributed by atoms with E-state index in [0.29, 0.717) is 19.3 Å². The molecule has 2 aromatic rings. The minimum atomic E-state index is -0.776. The molecule has 0 fully saturated rings. The van der Waals surface area contributed by atoms with Gasteiger partial charge in [0.15, 0.2) is 0 Å². The number of phenols is 2. The summed E-state index contributed by atoms with van der Waals surface area (Å²) in [6.07, 6.45) is -0.00571. The van der Waals surface area contributed by atoms with Crippen LogP contribution in [0.5, 0.6) is 11.5 Å². The Kier molecular flexibility index (Phi) is 8.90. The van der Waals surface area contributed by atoms with Gasteiger partial charge in [-0.05, 0) is 81.8 Å². The predicted molar refractivity (Wildman–Crippen MR) is 120 cm³/mol. The molecule has 0 aliphatic rings. The van der Waals surface area contributed by atoms with Crippen molar-refractivity contribution in [2.45, 2.75) is 58.2 Å². The fourth-order valence-corrected chi connectivity index (χ4v) is 3.16. The molecular formula is C24H32N2O6. The third-order valence-electron chi connectivity index (χ3n) is 4.74. The molecule has 8 heteroatoms. The number of aromatic hydroxyl groups is 2. The minimum absolute atomic E-state index is 0.121. The van der Waals surface area contributed by atoms with Crippen LogP contribution in [0.25, 0.3) is 0 Å². The number of carbonyl (C=O) groups excluding carboxylic acids is 2. The van der Waals surface area contributed by atoms with Crippen LogP contribution in [0.4, 0.5) is 4.79 Å². The van der Waals surface area contributed by atoms with E-state index in [9.17, 15) is 24.9 Å². The fraction of sp³-hybridized carbons (Fsp3) is 0.417. The highest BCUT2D eigenvalue weighted by molar-refractivity contribution is 5.81. The highest BCUT2D eigenvalue weighted by atomic mass is 16.6. The van der Waals surface area contributed by atoms with E-state index >= 15 is 0 Å². The van der Waals surface area contributed by atoms with Gasteiger partial charge in [0.05, 0.1) is 6.10 Å². The standard InChI is InChI=1S/C24H32N2O6/c1-24(2,3)32-23(31)26-25-22(30)18(14-17-7-11-20(28)12-8-17)15-21(29)13-6-16-4-9-19(27)10-5-16/h4-5,7-12,18,21,27-29H,6,13-15H2,1-3H3,(H,25,30)(H,26,31)/t18-,21+/m1/s1. The molecule has 0 saturated carbocycles. The molecule has 0 aromatic heterocycles. The zero-order valence-corrected chi connectivity index (χ0v) is 18.7. The molecule has 2 atom stereocenters. The van der Waals surface area contributed by atoms with Crippen LogP contribution in [0.1, 0.15) is 44.7 Å². The number of aliphatic hydroxyl groups is 1. The van der Waals surface area contributed by atoms with Crippen molar-refractivity contribution in [1.82, 2.24) is 10.9 Å². The lowest BCUT2D eigenvalue weighted by atomic mass is 9.91. The number of amides is 2. The minimum Gasteiger partial charge on any atom is -0.508 e. The number of aryl methyl sites for hydroxylation is 1.